The predicted octanol–water partition coefficient (Wildman–Crippen LogP) is 5.09. The van der Waals surface area contributed by atoms with E-state index >= 15 is 0 Å². The Morgan fingerprint density at radius 2 is 1.35 bits per heavy atom. The molecule has 0 aliphatic rings. The van der Waals surface area contributed by atoms with E-state index in [0.717, 1.165) is 16.7 Å². The largest absolute Gasteiger partial charge is 0.495 e. The summed E-state index contributed by atoms with van der Waals surface area (Å²) >= 11 is 0. The number of rotatable bonds is 8. The summed E-state index contributed by atoms with van der Waals surface area (Å²) in [6, 6.07) is 30.3. The van der Waals surface area contributed by atoms with E-state index in [4.69, 9.17) is 4.74 Å². The highest BCUT2D eigenvalue weighted by Gasteiger charge is 2.14. The van der Waals surface area contributed by atoms with Gasteiger partial charge in [0, 0.05) is 12.1 Å². The first-order chi connectivity index (χ1) is 16.5. The molecule has 0 spiro atoms. The Kier molecular flexibility index (Phi) is 7.06. The van der Waals surface area contributed by atoms with Crippen molar-refractivity contribution >= 4 is 21.6 Å². The third-order valence-corrected chi connectivity index (χ3v) is 6.73. The second kappa shape index (κ2) is 10.3. The number of anilines is 1. The van der Waals surface area contributed by atoms with Crippen molar-refractivity contribution in [2.75, 3.05) is 12.4 Å². The fraction of sp³-hybridized carbons (Fsp3) is 0.0741. The van der Waals surface area contributed by atoms with Crippen LogP contribution in [0.15, 0.2) is 108 Å². The average molecular weight is 473 g/mol. The van der Waals surface area contributed by atoms with Crippen molar-refractivity contribution < 1.29 is 17.9 Å². The fourth-order valence-electron chi connectivity index (χ4n) is 3.44. The third kappa shape index (κ3) is 5.51. The summed E-state index contributed by atoms with van der Waals surface area (Å²) in [5.74, 6) is 0.336. The number of para-hydroxylation sites is 2. The number of carbonyl (C=O) groups excluding carboxylic acids is 1. The first kappa shape index (κ1) is 23.2. The van der Waals surface area contributed by atoms with E-state index in [1.807, 2.05) is 54.6 Å². The SMILES string of the molecule is COc1ccccc1NC(=O)c1ccc(-c2ccc(S(=O)(=O)NCc3ccccc3)cc2)cc1. The fourth-order valence-corrected chi connectivity index (χ4v) is 4.46. The molecule has 6 nitrogen and oxygen atoms in total. The smallest absolute Gasteiger partial charge is 0.255 e. The summed E-state index contributed by atoms with van der Waals surface area (Å²) in [4.78, 5) is 12.8. The minimum Gasteiger partial charge on any atom is -0.495 e. The minimum absolute atomic E-state index is 0.194. The molecule has 0 heterocycles. The molecule has 0 aromatic heterocycles. The molecule has 7 heteroatoms. The van der Waals surface area contributed by atoms with Crippen molar-refractivity contribution in [3.63, 3.8) is 0 Å². The van der Waals surface area contributed by atoms with Gasteiger partial charge in [0.15, 0.2) is 0 Å². The average Bonchev–Trinajstić information content (AvgIpc) is 2.88. The Morgan fingerprint density at radius 1 is 0.765 bits per heavy atom. The summed E-state index contributed by atoms with van der Waals surface area (Å²) < 4.78 is 33.1. The van der Waals surface area contributed by atoms with Crippen LogP contribution >= 0.6 is 0 Å². The zero-order valence-electron chi connectivity index (χ0n) is 18.6. The molecule has 2 N–H and O–H groups in total. The van der Waals surface area contributed by atoms with Crippen molar-refractivity contribution in [2.24, 2.45) is 0 Å². The number of hydrogen-bond acceptors (Lipinski definition) is 4. The van der Waals surface area contributed by atoms with Crippen LogP contribution in [0.25, 0.3) is 11.1 Å². The van der Waals surface area contributed by atoms with E-state index in [-0.39, 0.29) is 17.3 Å². The van der Waals surface area contributed by atoms with Crippen molar-refractivity contribution in [2.45, 2.75) is 11.4 Å². The van der Waals surface area contributed by atoms with Gasteiger partial charge in [0.25, 0.3) is 5.91 Å². The molecule has 0 aliphatic carbocycles. The predicted molar refractivity (Wildman–Crippen MR) is 133 cm³/mol. The lowest BCUT2D eigenvalue weighted by molar-refractivity contribution is 0.102. The van der Waals surface area contributed by atoms with Crippen molar-refractivity contribution in [3.8, 4) is 16.9 Å². The molecule has 0 bridgehead atoms. The standard InChI is InChI=1S/C27H24N2O4S/c1-33-26-10-6-5-9-25(26)29-27(30)23-13-11-21(12-14-23)22-15-17-24(18-16-22)34(31,32)28-19-20-7-3-2-4-8-20/h2-18,28H,19H2,1H3,(H,29,30). The molecule has 172 valence electrons. The first-order valence-corrected chi connectivity index (χ1v) is 12.1. The van der Waals surface area contributed by atoms with Crippen LogP contribution in [0.5, 0.6) is 5.75 Å². The number of hydrogen-bond donors (Lipinski definition) is 2. The highest BCUT2D eigenvalue weighted by molar-refractivity contribution is 7.89. The van der Waals surface area contributed by atoms with E-state index < -0.39 is 10.0 Å². The second-order valence-electron chi connectivity index (χ2n) is 7.57. The van der Waals surface area contributed by atoms with Crippen LogP contribution in [-0.4, -0.2) is 21.4 Å². The zero-order chi connectivity index (χ0) is 24.0. The Labute approximate surface area is 199 Å². The van der Waals surface area contributed by atoms with Gasteiger partial charge in [-0.2, -0.15) is 0 Å². The number of sulfonamides is 1. The van der Waals surface area contributed by atoms with Crippen LogP contribution in [0, 0.1) is 0 Å². The lowest BCUT2D eigenvalue weighted by Gasteiger charge is -2.10. The molecular weight excluding hydrogens is 448 g/mol. The van der Waals surface area contributed by atoms with E-state index in [9.17, 15) is 13.2 Å². The number of carbonyl (C=O) groups is 1. The lowest BCUT2D eigenvalue weighted by Crippen LogP contribution is -2.23. The third-order valence-electron chi connectivity index (χ3n) is 5.31. The molecule has 0 unspecified atom stereocenters. The first-order valence-electron chi connectivity index (χ1n) is 10.6. The van der Waals surface area contributed by atoms with Gasteiger partial charge in [0.2, 0.25) is 10.0 Å². The van der Waals surface area contributed by atoms with Gasteiger partial charge in [-0.25, -0.2) is 13.1 Å². The van der Waals surface area contributed by atoms with Gasteiger partial charge in [-0.05, 0) is 53.1 Å². The molecule has 4 aromatic rings. The van der Waals surface area contributed by atoms with Gasteiger partial charge in [0.05, 0.1) is 17.7 Å². The van der Waals surface area contributed by atoms with Gasteiger partial charge in [-0.1, -0.05) is 66.7 Å². The summed E-state index contributed by atoms with van der Waals surface area (Å²) in [5.41, 5.74) is 3.70. The van der Waals surface area contributed by atoms with Crippen molar-refractivity contribution in [3.05, 3.63) is 114 Å². The Balaban J connectivity index is 1.43. The lowest BCUT2D eigenvalue weighted by atomic mass is 10.0. The van der Waals surface area contributed by atoms with Gasteiger partial charge < -0.3 is 10.1 Å². The minimum atomic E-state index is -3.62. The molecule has 0 saturated carbocycles. The second-order valence-corrected chi connectivity index (χ2v) is 9.33. The number of methoxy groups -OCH3 is 1. The highest BCUT2D eigenvalue weighted by atomic mass is 32.2. The summed E-state index contributed by atoms with van der Waals surface area (Å²) in [6.07, 6.45) is 0. The quantitative estimate of drug-likeness (QED) is 0.374. The molecule has 4 aromatic carbocycles. The highest BCUT2D eigenvalue weighted by Crippen LogP contribution is 2.25. The maximum absolute atomic E-state index is 12.6. The number of nitrogens with one attached hydrogen (secondary N) is 2. The Bertz CT molecular complexity index is 1370. The number of benzene rings is 4. The van der Waals surface area contributed by atoms with Gasteiger partial charge in [0.1, 0.15) is 5.75 Å². The van der Waals surface area contributed by atoms with Crippen LogP contribution in [0.4, 0.5) is 5.69 Å². The molecule has 0 radical (unpaired) electrons. The van der Waals surface area contributed by atoms with Crippen LogP contribution < -0.4 is 14.8 Å². The van der Waals surface area contributed by atoms with Gasteiger partial charge >= 0.3 is 0 Å². The Morgan fingerprint density at radius 3 is 2.00 bits per heavy atom. The van der Waals surface area contributed by atoms with Crippen LogP contribution in [-0.2, 0) is 16.6 Å². The molecule has 0 saturated heterocycles. The van der Waals surface area contributed by atoms with E-state index in [0.29, 0.717) is 17.0 Å². The summed E-state index contributed by atoms with van der Waals surface area (Å²) in [5, 5.41) is 2.85. The van der Waals surface area contributed by atoms with Gasteiger partial charge in [-0.15, -0.1) is 0 Å². The molecule has 34 heavy (non-hydrogen) atoms. The van der Waals surface area contributed by atoms with E-state index in [1.165, 1.54) is 0 Å². The van der Waals surface area contributed by atoms with E-state index in [2.05, 4.69) is 10.0 Å². The van der Waals surface area contributed by atoms with Crippen molar-refractivity contribution in [1.29, 1.82) is 0 Å². The Hall–Kier alpha value is -3.94. The molecule has 0 atom stereocenters. The molecule has 4 rings (SSSR count). The van der Waals surface area contributed by atoms with Crippen LogP contribution in [0.3, 0.4) is 0 Å². The molecule has 0 aliphatic heterocycles. The summed E-state index contributed by atoms with van der Waals surface area (Å²) in [6.45, 7) is 0.226. The van der Waals surface area contributed by atoms with Crippen LogP contribution in [0.2, 0.25) is 0 Å². The maximum atomic E-state index is 12.6. The normalized spacial score (nSPS) is 11.1. The zero-order valence-corrected chi connectivity index (χ0v) is 19.4. The van der Waals surface area contributed by atoms with E-state index in [1.54, 1.807) is 55.6 Å². The monoisotopic (exact) mass is 472 g/mol. The maximum Gasteiger partial charge on any atom is 0.255 e. The number of ether oxygens (including phenoxy) is 1. The molecular formula is C27H24N2O4S. The topological polar surface area (TPSA) is 84.5 Å². The summed E-state index contributed by atoms with van der Waals surface area (Å²) in [7, 11) is -2.07. The van der Waals surface area contributed by atoms with Gasteiger partial charge in [-0.3, -0.25) is 4.79 Å². The van der Waals surface area contributed by atoms with Crippen molar-refractivity contribution in [1.82, 2.24) is 4.72 Å². The molecule has 1 amide bonds. The number of amides is 1. The van der Waals surface area contributed by atoms with Crippen LogP contribution in [0.1, 0.15) is 15.9 Å². The molecule has 0 fully saturated rings.